The average Bonchev–Trinajstić information content (AvgIpc) is 2.77. The third-order valence-corrected chi connectivity index (χ3v) is 5.40. The molecule has 31 heavy (non-hydrogen) atoms. The molecule has 1 aliphatic heterocycles. The fourth-order valence-electron chi connectivity index (χ4n) is 3.66. The second kappa shape index (κ2) is 9.12. The van der Waals surface area contributed by atoms with Gasteiger partial charge in [0, 0.05) is 37.9 Å². The average molecular weight is 420 g/mol. The molecule has 0 bridgehead atoms. The Morgan fingerprint density at radius 2 is 1.71 bits per heavy atom. The van der Waals surface area contributed by atoms with Gasteiger partial charge in [-0.15, -0.1) is 0 Å². The summed E-state index contributed by atoms with van der Waals surface area (Å²) in [4.78, 5) is 25.6. The van der Waals surface area contributed by atoms with Crippen LogP contribution in [-0.4, -0.2) is 47.0 Å². The zero-order chi connectivity index (χ0) is 21.8. The Morgan fingerprint density at radius 1 is 1.00 bits per heavy atom. The number of amides is 1. The summed E-state index contributed by atoms with van der Waals surface area (Å²) in [5, 5.41) is 3.33. The molecule has 6 nitrogen and oxygen atoms in total. The first kappa shape index (κ1) is 20.8. The molecular formula is C24H26FN5O. The second-order valence-corrected chi connectivity index (χ2v) is 7.79. The van der Waals surface area contributed by atoms with Gasteiger partial charge < -0.3 is 15.1 Å². The van der Waals surface area contributed by atoms with Crippen LogP contribution in [0.1, 0.15) is 17.0 Å². The first-order valence-corrected chi connectivity index (χ1v) is 10.4. The molecule has 160 valence electrons. The standard InChI is InChI=1S/C24H26FN5O/c1-17-7-9-20(10-8-17)28-22-16-23(27-18(2)26-22)29-11-13-30(14-12-29)24(31)15-19-5-3-4-6-21(19)25/h3-10,16H,11-15H2,1-2H3,(H,26,27,28). The molecule has 1 amide bonds. The Hall–Kier alpha value is -3.48. The Balaban J connectivity index is 1.39. The number of nitrogens with one attached hydrogen (secondary N) is 1. The van der Waals surface area contributed by atoms with Crippen molar-refractivity contribution in [2.75, 3.05) is 36.4 Å². The van der Waals surface area contributed by atoms with Gasteiger partial charge in [-0.1, -0.05) is 35.9 Å². The van der Waals surface area contributed by atoms with Crippen molar-refractivity contribution < 1.29 is 9.18 Å². The number of carbonyl (C=O) groups is 1. The van der Waals surface area contributed by atoms with Crippen LogP contribution in [0.15, 0.2) is 54.6 Å². The Morgan fingerprint density at radius 3 is 2.42 bits per heavy atom. The molecule has 1 fully saturated rings. The van der Waals surface area contributed by atoms with Crippen LogP contribution >= 0.6 is 0 Å². The van der Waals surface area contributed by atoms with Crippen LogP contribution in [0, 0.1) is 19.7 Å². The Labute approximate surface area is 181 Å². The maximum Gasteiger partial charge on any atom is 0.227 e. The van der Waals surface area contributed by atoms with E-state index < -0.39 is 0 Å². The van der Waals surface area contributed by atoms with Crippen molar-refractivity contribution in [3.63, 3.8) is 0 Å². The molecule has 3 aromatic rings. The number of halogens is 1. The molecule has 0 radical (unpaired) electrons. The molecule has 0 unspecified atom stereocenters. The van der Waals surface area contributed by atoms with Gasteiger partial charge in [0.2, 0.25) is 5.91 Å². The quantitative estimate of drug-likeness (QED) is 0.680. The molecule has 2 aromatic carbocycles. The zero-order valence-electron chi connectivity index (χ0n) is 17.8. The molecule has 0 atom stereocenters. The van der Waals surface area contributed by atoms with E-state index in [1.807, 2.05) is 25.1 Å². The van der Waals surface area contributed by atoms with E-state index in [1.165, 1.54) is 11.6 Å². The van der Waals surface area contributed by atoms with Gasteiger partial charge in [0.1, 0.15) is 23.3 Å². The summed E-state index contributed by atoms with van der Waals surface area (Å²) >= 11 is 0. The highest BCUT2D eigenvalue weighted by atomic mass is 19.1. The van der Waals surface area contributed by atoms with Crippen LogP contribution in [0.2, 0.25) is 0 Å². The minimum Gasteiger partial charge on any atom is -0.353 e. The van der Waals surface area contributed by atoms with Gasteiger partial charge in [-0.25, -0.2) is 14.4 Å². The first-order valence-electron chi connectivity index (χ1n) is 10.4. The van der Waals surface area contributed by atoms with Crippen LogP contribution < -0.4 is 10.2 Å². The predicted octanol–water partition coefficient (Wildman–Crippen LogP) is 3.87. The topological polar surface area (TPSA) is 61.4 Å². The summed E-state index contributed by atoms with van der Waals surface area (Å²) in [6, 6.07) is 16.5. The second-order valence-electron chi connectivity index (χ2n) is 7.79. The molecule has 1 N–H and O–H groups in total. The largest absolute Gasteiger partial charge is 0.353 e. The van der Waals surface area contributed by atoms with E-state index in [4.69, 9.17) is 0 Å². The minimum absolute atomic E-state index is 0.0506. The van der Waals surface area contributed by atoms with E-state index in [1.54, 1.807) is 23.1 Å². The van der Waals surface area contributed by atoms with E-state index in [0.29, 0.717) is 37.6 Å². The van der Waals surface area contributed by atoms with Crippen LogP contribution in [0.5, 0.6) is 0 Å². The van der Waals surface area contributed by atoms with Crippen LogP contribution in [0.4, 0.5) is 21.7 Å². The monoisotopic (exact) mass is 419 g/mol. The Bertz CT molecular complexity index is 1060. The maximum absolute atomic E-state index is 13.9. The summed E-state index contributed by atoms with van der Waals surface area (Å²) < 4.78 is 13.9. The number of anilines is 3. The smallest absolute Gasteiger partial charge is 0.227 e. The van der Waals surface area contributed by atoms with Crippen molar-refractivity contribution in [3.05, 3.63) is 77.4 Å². The minimum atomic E-state index is -0.334. The van der Waals surface area contributed by atoms with Gasteiger partial charge in [-0.2, -0.15) is 0 Å². The summed E-state index contributed by atoms with van der Waals surface area (Å²) in [5.41, 5.74) is 2.61. The van der Waals surface area contributed by atoms with Crippen molar-refractivity contribution >= 4 is 23.2 Å². The number of rotatable bonds is 5. The van der Waals surface area contributed by atoms with Crippen LogP contribution in [-0.2, 0) is 11.2 Å². The lowest BCUT2D eigenvalue weighted by Crippen LogP contribution is -2.49. The normalized spacial score (nSPS) is 13.9. The van der Waals surface area contributed by atoms with Crippen LogP contribution in [0.25, 0.3) is 0 Å². The predicted molar refractivity (Wildman–Crippen MR) is 120 cm³/mol. The lowest BCUT2D eigenvalue weighted by atomic mass is 10.1. The number of carbonyl (C=O) groups excluding carboxylic acids is 1. The van der Waals surface area contributed by atoms with E-state index in [-0.39, 0.29) is 18.1 Å². The maximum atomic E-state index is 13.9. The van der Waals surface area contributed by atoms with E-state index in [0.717, 1.165) is 17.3 Å². The Kier molecular flexibility index (Phi) is 6.11. The van der Waals surface area contributed by atoms with E-state index in [9.17, 15) is 9.18 Å². The third kappa shape index (κ3) is 5.17. The fourth-order valence-corrected chi connectivity index (χ4v) is 3.66. The SMILES string of the molecule is Cc1ccc(Nc2cc(N3CCN(C(=O)Cc4ccccc4F)CC3)nc(C)n2)cc1. The number of aryl methyl sites for hydroxylation is 2. The van der Waals surface area contributed by atoms with Crippen molar-refractivity contribution in [2.24, 2.45) is 0 Å². The highest BCUT2D eigenvalue weighted by molar-refractivity contribution is 5.79. The summed E-state index contributed by atoms with van der Waals surface area (Å²) in [7, 11) is 0. The highest BCUT2D eigenvalue weighted by Gasteiger charge is 2.23. The summed E-state index contributed by atoms with van der Waals surface area (Å²) in [6.45, 7) is 6.43. The lowest BCUT2D eigenvalue weighted by molar-refractivity contribution is -0.130. The van der Waals surface area contributed by atoms with Crippen molar-refractivity contribution in [2.45, 2.75) is 20.3 Å². The van der Waals surface area contributed by atoms with Crippen molar-refractivity contribution in [1.82, 2.24) is 14.9 Å². The number of nitrogens with zero attached hydrogens (tertiary/aromatic N) is 4. The molecule has 4 rings (SSSR count). The number of benzene rings is 2. The molecule has 1 aromatic heterocycles. The molecule has 2 heterocycles. The van der Waals surface area contributed by atoms with Crippen molar-refractivity contribution in [3.8, 4) is 0 Å². The summed E-state index contributed by atoms with van der Waals surface area (Å²) in [5.74, 6) is 1.88. The van der Waals surface area contributed by atoms with E-state index >= 15 is 0 Å². The zero-order valence-corrected chi connectivity index (χ0v) is 17.8. The molecule has 0 aliphatic carbocycles. The van der Waals surface area contributed by atoms with Gasteiger partial charge in [0.25, 0.3) is 0 Å². The fraction of sp³-hybridized carbons (Fsp3) is 0.292. The van der Waals surface area contributed by atoms with Gasteiger partial charge in [-0.3, -0.25) is 4.79 Å². The third-order valence-electron chi connectivity index (χ3n) is 5.40. The van der Waals surface area contributed by atoms with Crippen molar-refractivity contribution in [1.29, 1.82) is 0 Å². The molecule has 1 aliphatic rings. The number of piperazine rings is 1. The van der Waals surface area contributed by atoms with E-state index in [2.05, 4.69) is 39.2 Å². The van der Waals surface area contributed by atoms with Crippen LogP contribution in [0.3, 0.4) is 0 Å². The lowest BCUT2D eigenvalue weighted by Gasteiger charge is -2.35. The first-order chi connectivity index (χ1) is 15.0. The van der Waals surface area contributed by atoms with Gasteiger partial charge in [-0.05, 0) is 37.6 Å². The molecule has 1 saturated heterocycles. The highest BCUT2D eigenvalue weighted by Crippen LogP contribution is 2.21. The van der Waals surface area contributed by atoms with Gasteiger partial charge >= 0.3 is 0 Å². The molecule has 0 spiro atoms. The molecular weight excluding hydrogens is 393 g/mol. The number of aromatic nitrogens is 2. The van der Waals surface area contributed by atoms with Gasteiger partial charge in [0.15, 0.2) is 0 Å². The number of hydrogen-bond donors (Lipinski definition) is 1. The molecule has 0 saturated carbocycles. The number of hydrogen-bond acceptors (Lipinski definition) is 5. The molecule has 7 heteroatoms. The van der Waals surface area contributed by atoms with Gasteiger partial charge in [0.05, 0.1) is 6.42 Å². The summed E-state index contributed by atoms with van der Waals surface area (Å²) in [6.07, 6.45) is 0.0872.